The third-order valence-corrected chi connectivity index (χ3v) is 3.56. The van der Waals surface area contributed by atoms with Gasteiger partial charge >= 0.3 is 0 Å². The van der Waals surface area contributed by atoms with Gasteiger partial charge < -0.3 is 5.32 Å². The first-order chi connectivity index (χ1) is 6.34. The van der Waals surface area contributed by atoms with Crippen molar-refractivity contribution in [1.82, 2.24) is 0 Å². The lowest BCUT2D eigenvalue weighted by Gasteiger charge is -2.12. The monoisotopic (exact) mass is 213 g/mol. The molecule has 0 saturated carbocycles. The Morgan fingerprint density at radius 1 is 1.31 bits per heavy atom. The van der Waals surface area contributed by atoms with Crippen molar-refractivity contribution < 1.29 is 0 Å². The molecule has 1 N–H and O–H groups in total. The van der Waals surface area contributed by atoms with Crippen LogP contribution in [0.3, 0.4) is 0 Å². The maximum atomic E-state index is 5.80. The van der Waals surface area contributed by atoms with Gasteiger partial charge in [-0.2, -0.15) is 11.8 Å². The van der Waals surface area contributed by atoms with Gasteiger partial charge in [0.25, 0.3) is 0 Å². The quantitative estimate of drug-likeness (QED) is 0.810. The Balaban J connectivity index is 1.97. The maximum absolute atomic E-state index is 5.80. The topological polar surface area (TPSA) is 12.0 Å². The van der Waals surface area contributed by atoms with E-state index in [1.54, 1.807) is 0 Å². The van der Waals surface area contributed by atoms with Crippen LogP contribution in [0, 0.1) is 0 Å². The molecular weight excluding hydrogens is 202 g/mol. The molecule has 3 heteroatoms. The summed E-state index contributed by atoms with van der Waals surface area (Å²) in [6, 6.07) is 8.56. The molecule has 0 spiro atoms. The molecule has 0 aliphatic carbocycles. The van der Waals surface area contributed by atoms with Crippen LogP contribution in [0.1, 0.15) is 6.42 Å². The maximum Gasteiger partial charge on any atom is 0.0407 e. The van der Waals surface area contributed by atoms with Crippen molar-refractivity contribution in [2.75, 3.05) is 16.8 Å². The van der Waals surface area contributed by atoms with Crippen molar-refractivity contribution in [2.45, 2.75) is 12.5 Å². The number of benzene rings is 1. The van der Waals surface area contributed by atoms with Gasteiger partial charge in [-0.15, -0.1) is 0 Å². The van der Waals surface area contributed by atoms with Crippen molar-refractivity contribution >= 4 is 29.1 Å². The summed E-state index contributed by atoms with van der Waals surface area (Å²) in [4.78, 5) is 0. The predicted octanol–water partition coefficient (Wildman–Crippen LogP) is 3.26. The third kappa shape index (κ3) is 2.55. The predicted molar refractivity (Wildman–Crippen MR) is 60.8 cm³/mol. The molecule has 1 fully saturated rings. The summed E-state index contributed by atoms with van der Waals surface area (Å²) in [5.74, 6) is 2.51. The van der Waals surface area contributed by atoms with E-state index in [9.17, 15) is 0 Å². The molecule has 0 bridgehead atoms. The van der Waals surface area contributed by atoms with Crippen molar-refractivity contribution in [2.24, 2.45) is 0 Å². The van der Waals surface area contributed by atoms with Crippen molar-refractivity contribution in [3.63, 3.8) is 0 Å². The fraction of sp³-hybridized carbons (Fsp3) is 0.400. The summed E-state index contributed by atoms with van der Waals surface area (Å²) in [7, 11) is 0. The zero-order valence-corrected chi connectivity index (χ0v) is 8.87. The van der Waals surface area contributed by atoms with Crippen LogP contribution in [0.5, 0.6) is 0 Å². The van der Waals surface area contributed by atoms with Crippen LogP contribution in [-0.2, 0) is 0 Å². The average Bonchev–Trinajstić information content (AvgIpc) is 2.62. The van der Waals surface area contributed by atoms with Crippen molar-refractivity contribution in [3.8, 4) is 0 Å². The standard InChI is InChI=1S/C10H12ClNS/c11-8-1-3-9(4-2-8)12-10-5-6-13-7-10/h1-4,10,12H,5-7H2/t10-/m0/s1. The Kier molecular flexibility index (Phi) is 3.01. The van der Waals surface area contributed by atoms with Gasteiger partial charge in [-0.05, 0) is 36.4 Å². The van der Waals surface area contributed by atoms with E-state index in [-0.39, 0.29) is 0 Å². The number of halogens is 1. The highest BCUT2D eigenvalue weighted by Crippen LogP contribution is 2.22. The molecule has 0 radical (unpaired) electrons. The van der Waals surface area contributed by atoms with E-state index >= 15 is 0 Å². The third-order valence-electron chi connectivity index (χ3n) is 2.14. The fourth-order valence-corrected chi connectivity index (χ4v) is 2.71. The Morgan fingerprint density at radius 2 is 2.08 bits per heavy atom. The molecular formula is C10H12ClNS. The minimum Gasteiger partial charge on any atom is -0.381 e. The van der Waals surface area contributed by atoms with Crippen LogP contribution in [0.4, 0.5) is 5.69 Å². The summed E-state index contributed by atoms with van der Waals surface area (Å²) >= 11 is 7.81. The summed E-state index contributed by atoms with van der Waals surface area (Å²) < 4.78 is 0. The molecule has 1 heterocycles. The summed E-state index contributed by atoms with van der Waals surface area (Å²) in [5.41, 5.74) is 1.18. The van der Waals surface area contributed by atoms with Crippen LogP contribution < -0.4 is 5.32 Å². The number of thioether (sulfide) groups is 1. The van der Waals surface area contributed by atoms with E-state index in [4.69, 9.17) is 11.6 Å². The second-order valence-electron chi connectivity index (χ2n) is 3.21. The number of hydrogen-bond acceptors (Lipinski definition) is 2. The molecule has 1 aliphatic heterocycles. The molecule has 0 unspecified atom stereocenters. The largest absolute Gasteiger partial charge is 0.381 e. The molecule has 1 aromatic carbocycles. The molecule has 1 nitrogen and oxygen atoms in total. The second kappa shape index (κ2) is 4.25. The first-order valence-corrected chi connectivity index (χ1v) is 5.98. The Bertz CT molecular complexity index is 267. The van der Waals surface area contributed by atoms with Gasteiger partial charge in [-0.3, -0.25) is 0 Å². The first-order valence-electron chi connectivity index (χ1n) is 4.44. The molecule has 2 rings (SSSR count). The minimum atomic E-state index is 0.645. The molecule has 1 atom stereocenters. The average molecular weight is 214 g/mol. The molecule has 13 heavy (non-hydrogen) atoms. The lowest BCUT2D eigenvalue weighted by molar-refractivity contribution is 0.813. The van der Waals surface area contributed by atoms with Gasteiger partial charge in [-0.1, -0.05) is 11.6 Å². The van der Waals surface area contributed by atoms with Crippen LogP contribution in [0.25, 0.3) is 0 Å². The SMILES string of the molecule is Clc1ccc(N[C@H]2CCSC2)cc1. The van der Waals surface area contributed by atoms with E-state index in [0.717, 1.165) is 5.02 Å². The number of hydrogen-bond donors (Lipinski definition) is 1. The number of rotatable bonds is 2. The number of nitrogens with one attached hydrogen (secondary N) is 1. The Labute approximate surface area is 87.9 Å². The molecule has 1 saturated heterocycles. The lowest BCUT2D eigenvalue weighted by atomic mass is 10.2. The zero-order valence-electron chi connectivity index (χ0n) is 7.29. The van der Waals surface area contributed by atoms with Gasteiger partial charge in [0.1, 0.15) is 0 Å². The highest BCUT2D eigenvalue weighted by atomic mass is 35.5. The highest BCUT2D eigenvalue weighted by molar-refractivity contribution is 7.99. The zero-order chi connectivity index (χ0) is 9.10. The second-order valence-corrected chi connectivity index (χ2v) is 4.80. The fourth-order valence-electron chi connectivity index (χ4n) is 1.43. The van der Waals surface area contributed by atoms with Crippen LogP contribution in [-0.4, -0.2) is 17.5 Å². The van der Waals surface area contributed by atoms with Gasteiger partial charge in [0.2, 0.25) is 0 Å². The van der Waals surface area contributed by atoms with Gasteiger partial charge in [-0.25, -0.2) is 0 Å². The minimum absolute atomic E-state index is 0.645. The van der Waals surface area contributed by atoms with E-state index in [0.29, 0.717) is 6.04 Å². The highest BCUT2D eigenvalue weighted by Gasteiger charge is 2.14. The van der Waals surface area contributed by atoms with Crippen molar-refractivity contribution in [3.05, 3.63) is 29.3 Å². The van der Waals surface area contributed by atoms with Gasteiger partial charge in [0, 0.05) is 22.5 Å². The molecule has 1 aliphatic rings. The summed E-state index contributed by atoms with van der Waals surface area (Å²) in [5, 5.41) is 4.29. The van der Waals surface area contributed by atoms with E-state index in [1.807, 2.05) is 36.0 Å². The normalized spacial score (nSPS) is 21.8. The van der Waals surface area contributed by atoms with Crippen LogP contribution >= 0.6 is 23.4 Å². The number of anilines is 1. The van der Waals surface area contributed by atoms with E-state index in [1.165, 1.54) is 23.6 Å². The summed E-state index contributed by atoms with van der Waals surface area (Å²) in [6.45, 7) is 0. The van der Waals surface area contributed by atoms with Crippen molar-refractivity contribution in [1.29, 1.82) is 0 Å². The molecule has 1 aromatic rings. The molecule has 0 amide bonds. The Morgan fingerprint density at radius 3 is 2.69 bits per heavy atom. The van der Waals surface area contributed by atoms with Crippen LogP contribution in [0.2, 0.25) is 5.02 Å². The first kappa shape index (κ1) is 9.22. The molecule has 70 valence electrons. The summed E-state index contributed by atoms with van der Waals surface area (Å²) in [6.07, 6.45) is 1.27. The smallest absolute Gasteiger partial charge is 0.0407 e. The van der Waals surface area contributed by atoms with Gasteiger partial charge in [0.05, 0.1) is 0 Å². The van der Waals surface area contributed by atoms with Gasteiger partial charge in [0.15, 0.2) is 0 Å². The lowest BCUT2D eigenvalue weighted by Crippen LogP contribution is -2.17. The van der Waals surface area contributed by atoms with Crippen LogP contribution in [0.15, 0.2) is 24.3 Å². The Hall–Kier alpha value is -0.340. The van der Waals surface area contributed by atoms with E-state index in [2.05, 4.69) is 5.32 Å². The molecule has 0 aromatic heterocycles. The van der Waals surface area contributed by atoms with E-state index < -0.39 is 0 Å².